The van der Waals surface area contributed by atoms with Crippen LogP contribution in [0.2, 0.25) is 0 Å². The molecular weight excluding hydrogens is 252 g/mol. The first-order valence-corrected chi connectivity index (χ1v) is 6.70. The van der Waals surface area contributed by atoms with Crippen molar-refractivity contribution < 1.29 is 9.53 Å². The summed E-state index contributed by atoms with van der Waals surface area (Å²) >= 11 is 0. The minimum Gasteiger partial charge on any atom is -0.494 e. The summed E-state index contributed by atoms with van der Waals surface area (Å²) in [5, 5.41) is 2.88. The molecule has 0 aliphatic carbocycles. The second-order valence-corrected chi connectivity index (χ2v) is 4.28. The van der Waals surface area contributed by atoms with Crippen LogP contribution in [0.3, 0.4) is 0 Å². The van der Waals surface area contributed by atoms with Gasteiger partial charge in [-0.25, -0.2) is 0 Å². The van der Waals surface area contributed by atoms with Gasteiger partial charge in [0, 0.05) is 30.4 Å². The number of benzene rings is 1. The van der Waals surface area contributed by atoms with E-state index in [-0.39, 0.29) is 5.91 Å². The van der Waals surface area contributed by atoms with E-state index >= 15 is 0 Å². The summed E-state index contributed by atoms with van der Waals surface area (Å²) in [6.07, 6.45) is 2.48. The van der Waals surface area contributed by atoms with Gasteiger partial charge in [-0.1, -0.05) is 6.07 Å². The molecular formula is C16H18N2O2. The number of ether oxygens (including phenoxy) is 1. The number of aromatic nitrogens is 1. The Morgan fingerprint density at radius 3 is 2.65 bits per heavy atom. The lowest BCUT2D eigenvalue weighted by Crippen LogP contribution is -2.25. The fraction of sp³-hybridized carbons (Fsp3) is 0.250. The quantitative estimate of drug-likeness (QED) is 0.877. The third-order valence-corrected chi connectivity index (χ3v) is 2.82. The van der Waals surface area contributed by atoms with E-state index in [2.05, 4.69) is 10.3 Å². The van der Waals surface area contributed by atoms with Crippen LogP contribution < -0.4 is 10.1 Å². The van der Waals surface area contributed by atoms with Crippen LogP contribution in [-0.2, 0) is 6.42 Å². The van der Waals surface area contributed by atoms with Gasteiger partial charge in [-0.05, 0) is 43.3 Å². The zero-order chi connectivity index (χ0) is 14.2. The van der Waals surface area contributed by atoms with Crippen LogP contribution in [0.1, 0.15) is 23.0 Å². The van der Waals surface area contributed by atoms with Crippen molar-refractivity contribution >= 4 is 5.91 Å². The van der Waals surface area contributed by atoms with Crippen molar-refractivity contribution in [1.29, 1.82) is 0 Å². The summed E-state index contributed by atoms with van der Waals surface area (Å²) in [5.74, 6) is 0.696. The van der Waals surface area contributed by atoms with Gasteiger partial charge < -0.3 is 10.1 Å². The molecule has 1 N–H and O–H groups in total. The molecule has 2 aromatic rings. The SMILES string of the molecule is CCOc1ccc(C(=O)NCCc2ccccn2)cc1. The molecule has 2 rings (SSSR count). The van der Waals surface area contributed by atoms with Gasteiger partial charge in [-0.2, -0.15) is 0 Å². The molecule has 0 aliphatic rings. The van der Waals surface area contributed by atoms with Gasteiger partial charge >= 0.3 is 0 Å². The largest absolute Gasteiger partial charge is 0.494 e. The first-order valence-electron chi connectivity index (χ1n) is 6.70. The highest BCUT2D eigenvalue weighted by Gasteiger charge is 2.05. The van der Waals surface area contributed by atoms with Crippen LogP contribution in [-0.4, -0.2) is 24.0 Å². The van der Waals surface area contributed by atoms with Gasteiger partial charge in [0.25, 0.3) is 5.91 Å². The number of hydrogen-bond donors (Lipinski definition) is 1. The van der Waals surface area contributed by atoms with E-state index in [1.165, 1.54) is 0 Å². The fourth-order valence-corrected chi connectivity index (χ4v) is 1.82. The number of pyridine rings is 1. The highest BCUT2D eigenvalue weighted by atomic mass is 16.5. The number of carbonyl (C=O) groups is 1. The van der Waals surface area contributed by atoms with Crippen molar-refractivity contribution in [2.24, 2.45) is 0 Å². The topological polar surface area (TPSA) is 51.2 Å². The van der Waals surface area contributed by atoms with E-state index in [1.54, 1.807) is 30.5 Å². The van der Waals surface area contributed by atoms with Gasteiger partial charge in [-0.3, -0.25) is 9.78 Å². The van der Waals surface area contributed by atoms with E-state index < -0.39 is 0 Å². The molecule has 104 valence electrons. The number of carbonyl (C=O) groups excluding carboxylic acids is 1. The highest BCUT2D eigenvalue weighted by Crippen LogP contribution is 2.11. The molecule has 1 amide bonds. The lowest BCUT2D eigenvalue weighted by Gasteiger charge is -2.06. The van der Waals surface area contributed by atoms with Crippen LogP contribution >= 0.6 is 0 Å². The van der Waals surface area contributed by atoms with Crippen LogP contribution in [0.5, 0.6) is 5.75 Å². The molecule has 0 radical (unpaired) electrons. The maximum absolute atomic E-state index is 11.9. The molecule has 0 bridgehead atoms. The molecule has 0 atom stereocenters. The molecule has 20 heavy (non-hydrogen) atoms. The van der Waals surface area contributed by atoms with Gasteiger partial charge in [0.2, 0.25) is 0 Å². The fourth-order valence-electron chi connectivity index (χ4n) is 1.82. The number of hydrogen-bond acceptors (Lipinski definition) is 3. The second kappa shape index (κ2) is 7.28. The summed E-state index contributed by atoms with van der Waals surface area (Å²) in [4.78, 5) is 16.1. The summed E-state index contributed by atoms with van der Waals surface area (Å²) in [6, 6.07) is 12.9. The van der Waals surface area contributed by atoms with E-state index in [0.29, 0.717) is 18.7 Å². The Hall–Kier alpha value is -2.36. The van der Waals surface area contributed by atoms with Gasteiger partial charge in [0.05, 0.1) is 6.61 Å². The Bertz CT molecular complexity index is 538. The number of nitrogens with one attached hydrogen (secondary N) is 1. The Kier molecular flexibility index (Phi) is 5.12. The standard InChI is InChI=1S/C16H18N2O2/c1-2-20-15-8-6-13(7-9-15)16(19)18-12-10-14-5-3-4-11-17-14/h3-9,11H,2,10,12H2,1H3,(H,18,19). The van der Waals surface area contributed by atoms with Gasteiger partial charge in [-0.15, -0.1) is 0 Å². The molecule has 0 unspecified atom stereocenters. The smallest absolute Gasteiger partial charge is 0.251 e. The maximum Gasteiger partial charge on any atom is 0.251 e. The maximum atomic E-state index is 11.9. The van der Waals surface area contributed by atoms with E-state index in [1.807, 2.05) is 25.1 Å². The average Bonchev–Trinajstić information content (AvgIpc) is 2.49. The average molecular weight is 270 g/mol. The third kappa shape index (κ3) is 4.09. The summed E-state index contributed by atoms with van der Waals surface area (Å²) in [6.45, 7) is 3.12. The number of nitrogens with zero attached hydrogens (tertiary/aromatic N) is 1. The Balaban J connectivity index is 1.82. The number of amides is 1. The minimum absolute atomic E-state index is 0.0796. The molecule has 0 saturated carbocycles. The monoisotopic (exact) mass is 270 g/mol. The summed E-state index contributed by atoms with van der Waals surface area (Å²) in [5.41, 5.74) is 1.61. The van der Waals surface area contributed by atoms with E-state index in [4.69, 9.17) is 4.74 Å². The first-order chi connectivity index (χ1) is 9.79. The molecule has 0 aliphatic heterocycles. The van der Waals surface area contributed by atoms with Crippen molar-refractivity contribution in [2.45, 2.75) is 13.3 Å². The van der Waals surface area contributed by atoms with Gasteiger partial charge in [0.15, 0.2) is 0 Å². The van der Waals surface area contributed by atoms with Crippen LogP contribution in [0.25, 0.3) is 0 Å². The van der Waals surface area contributed by atoms with Crippen molar-refractivity contribution in [2.75, 3.05) is 13.2 Å². The molecule has 0 saturated heterocycles. The van der Waals surface area contributed by atoms with Crippen LogP contribution in [0, 0.1) is 0 Å². The second-order valence-electron chi connectivity index (χ2n) is 4.28. The Labute approximate surface area is 118 Å². The first kappa shape index (κ1) is 14.1. The third-order valence-electron chi connectivity index (χ3n) is 2.82. The molecule has 0 fully saturated rings. The Morgan fingerprint density at radius 2 is 2.00 bits per heavy atom. The molecule has 1 heterocycles. The molecule has 1 aromatic carbocycles. The zero-order valence-electron chi connectivity index (χ0n) is 11.5. The summed E-state index contributed by atoms with van der Waals surface area (Å²) in [7, 11) is 0. The van der Waals surface area contributed by atoms with Crippen molar-refractivity contribution in [3.63, 3.8) is 0 Å². The zero-order valence-corrected chi connectivity index (χ0v) is 11.5. The van der Waals surface area contributed by atoms with Gasteiger partial charge in [0.1, 0.15) is 5.75 Å². The summed E-state index contributed by atoms with van der Waals surface area (Å²) < 4.78 is 5.34. The molecule has 4 heteroatoms. The van der Waals surface area contributed by atoms with E-state index in [9.17, 15) is 4.79 Å². The van der Waals surface area contributed by atoms with Crippen molar-refractivity contribution in [1.82, 2.24) is 10.3 Å². The predicted molar refractivity (Wildman–Crippen MR) is 77.9 cm³/mol. The highest BCUT2D eigenvalue weighted by molar-refractivity contribution is 5.94. The van der Waals surface area contributed by atoms with Crippen LogP contribution in [0.4, 0.5) is 0 Å². The van der Waals surface area contributed by atoms with E-state index in [0.717, 1.165) is 17.9 Å². The molecule has 1 aromatic heterocycles. The van der Waals surface area contributed by atoms with Crippen molar-refractivity contribution in [3.05, 3.63) is 59.9 Å². The Morgan fingerprint density at radius 1 is 1.20 bits per heavy atom. The number of rotatable bonds is 6. The molecule has 4 nitrogen and oxygen atoms in total. The van der Waals surface area contributed by atoms with Crippen LogP contribution in [0.15, 0.2) is 48.7 Å². The lowest BCUT2D eigenvalue weighted by atomic mass is 10.2. The minimum atomic E-state index is -0.0796. The normalized spacial score (nSPS) is 10.1. The predicted octanol–water partition coefficient (Wildman–Crippen LogP) is 2.45. The molecule has 0 spiro atoms. The lowest BCUT2D eigenvalue weighted by molar-refractivity contribution is 0.0954. The van der Waals surface area contributed by atoms with Crippen molar-refractivity contribution in [3.8, 4) is 5.75 Å².